The van der Waals surface area contributed by atoms with Gasteiger partial charge in [-0.05, 0) is 31.7 Å². The highest BCUT2D eigenvalue weighted by molar-refractivity contribution is 5.94. The van der Waals surface area contributed by atoms with Gasteiger partial charge < -0.3 is 9.32 Å². The monoisotopic (exact) mass is 272 g/mol. The molecule has 20 heavy (non-hydrogen) atoms. The predicted molar refractivity (Wildman–Crippen MR) is 70.0 cm³/mol. The van der Waals surface area contributed by atoms with Crippen molar-refractivity contribution in [3.05, 3.63) is 36.5 Å². The molecule has 2 unspecified atom stereocenters. The van der Waals surface area contributed by atoms with Gasteiger partial charge in [0.1, 0.15) is 6.26 Å². The van der Waals surface area contributed by atoms with Gasteiger partial charge in [-0.3, -0.25) is 4.79 Å². The van der Waals surface area contributed by atoms with Gasteiger partial charge in [-0.15, -0.1) is 5.10 Å². The van der Waals surface area contributed by atoms with Crippen molar-refractivity contribution < 1.29 is 9.21 Å². The van der Waals surface area contributed by atoms with E-state index in [0.717, 1.165) is 25.7 Å². The second kappa shape index (κ2) is 4.47. The molecule has 2 aliphatic heterocycles. The summed E-state index contributed by atoms with van der Waals surface area (Å²) in [6.07, 6.45) is 10.8. The molecule has 6 heteroatoms. The first-order valence-corrected chi connectivity index (χ1v) is 7.03. The fourth-order valence-electron chi connectivity index (χ4n) is 3.64. The van der Waals surface area contributed by atoms with Gasteiger partial charge in [0.15, 0.2) is 0 Å². The smallest absolute Gasteiger partial charge is 0.257 e. The molecule has 0 aliphatic carbocycles. The summed E-state index contributed by atoms with van der Waals surface area (Å²) in [5, 5.41) is 7.99. The average molecular weight is 272 g/mol. The summed E-state index contributed by atoms with van der Waals surface area (Å²) in [4.78, 5) is 14.6. The van der Waals surface area contributed by atoms with Crippen LogP contribution in [0.15, 0.2) is 35.4 Å². The number of amides is 1. The van der Waals surface area contributed by atoms with E-state index >= 15 is 0 Å². The van der Waals surface area contributed by atoms with Gasteiger partial charge in [-0.25, -0.2) is 4.68 Å². The molecule has 2 aromatic heterocycles. The summed E-state index contributed by atoms with van der Waals surface area (Å²) < 4.78 is 6.96. The molecular formula is C14H16N4O2. The first-order valence-electron chi connectivity index (χ1n) is 7.03. The molecule has 2 atom stereocenters. The number of furan rings is 1. The molecule has 6 nitrogen and oxygen atoms in total. The Hall–Kier alpha value is -2.11. The number of fused-ring (bicyclic) bond motifs is 2. The summed E-state index contributed by atoms with van der Waals surface area (Å²) in [5.41, 5.74) is 0.654. The Balaban J connectivity index is 1.56. The minimum Gasteiger partial charge on any atom is -0.472 e. The Morgan fingerprint density at radius 2 is 2.05 bits per heavy atom. The zero-order valence-corrected chi connectivity index (χ0v) is 11.1. The number of carbonyl (C=O) groups excluding carboxylic acids is 1. The van der Waals surface area contributed by atoms with Gasteiger partial charge in [0.25, 0.3) is 5.91 Å². The zero-order valence-electron chi connectivity index (χ0n) is 11.1. The van der Waals surface area contributed by atoms with Gasteiger partial charge >= 0.3 is 0 Å². The number of hydrogen-bond donors (Lipinski definition) is 0. The molecule has 2 saturated heterocycles. The van der Waals surface area contributed by atoms with Gasteiger partial charge in [0, 0.05) is 18.3 Å². The van der Waals surface area contributed by atoms with E-state index in [0.29, 0.717) is 23.7 Å². The van der Waals surface area contributed by atoms with Crippen LogP contribution in [0.4, 0.5) is 0 Å². The lowest BCUT2D eigenvalue weighted by Crippen LogP contribution is -2.46. The van der Waals surface area contributed by atoms with Crippen LogP contribution in [-0.4, -0.2) is 37.9 Å². The van der Waals surface area contributed by atoms with E-state index in [9.17, 15) is 4.79 Å². The maximum absolute atomic E-state index is 12.5. The van der Waals surface area contributed by atoms with Crippen molar-refractivity contribution >= 4 is 5.91 Å². The maximum Gasteiger partial charge on any atom is 0.257 e. The van der Waals surface area contributed by atoms with E-state index in [4.69, 9.17) is 4.42 Å². The summed E-state index contributed by atoms with van der Waals surface area (Å²) >= 11 is 0. The largest absolute Gasteiger partial charge is 0.472 e. The van der Waals surface area contributed by atoms with Crippen molar-refractivity contribution in [3.63, 3.8) is 0 Å². The Labute approximate surface area is 116 Å². The van der Waals surface area contributed by atoms with Gasteiger partial charge in [0.05, 0.1) is 24.1 Å². The Morgan fingerprint density at radius 1 is 1.25 bits per heavy atom. The van der Waals surface area contributed by atoms with Crippen LogP contribution in [0.2, 0.25) is 0 Å². The molecule has 2 aliphatic rings. The van der Waals surface area contributed by atoms with Crippen LogP contribution < -0.4 is 0 Å². The predicted octanol–water partition coefficient (Wildman–Crippen LogP) is 1.88. The van der Waals surface area contributed by atoms with Gasteiger partial charge in [0.2, 0.25) is 0 Å². The van der Waals surface area contributed by atoms with Crippen LogP contribution in [0.1, 0.15) is 42.1 Å². The molecule has 4 heterocycles. The third kappa shape index (κ3) is 1.75. The summed E-state index contributed by atoms with van der Waals surface area (Å²) in [6, 6.07) is 2.73. The van der Waals surface area contributed by atoms with Crippen molar-refractivity contribution in [3.8, 4) is 0 Å². The minimum atomic E-state index is 0.100. The van der Waals surface area contributed by atoms with Crippen molar-refractivity contribution in [2.45, 2.75) is 43.8 Å². The Kier molecular flexibility index (Phi) is 2.61. The van der Waals surface area contributed by atoms with Crippen molar-refractivity contribution in [1.29, 1.82) is 0 Å². The number of carbonyl (C=O) groups is 1. The molecule has 104 valence electrons. The van der Waals surface area contributed by atoms with E-state index < -0.39 is 0 Å². The third-order valence-electron chi connectivity index (χ3n) is 4.53. The molecule has 2 bridgehead atoms. The average Bonchev–Trinajstić information content (AvgIpc) is 3.18. The molecule has 0 spiro atoms. The molecular weight excluding hydrogens is 256 g/mol. The summed E-state index contributed by atoms with van der Waals surface area (Å²) in [5.74, 6) is 0.100. The fourth-order valence-corrected chi connectivity index (χ4v) is 3.64. The number of rotatable bonds is 2. The Bertz CT molecular complexity index is 579. The van der Waals surface area contributed by atoms with E-state index in [2.05, 4.69) is 15.2 Å². The fraction of sp³-hybridized carbons (Fsp3) is 0.500. The van der Waals surface area contributed by atoms with Crippen LogP contribution in [0, 0.1) is 0 Å². The number of hydrogen-bond acceptors (Lipinski definition) is 4. The van der Waals surface area contributed by atoms with E-state index in [-0.39, 0.29) is 5.91 Å². The number of nitrogens with zero attached hydrogens (tertiary/aromatic N) is 4. The number of aromatic nitrogens is 3. The lowest BCUT2D eigenvalue weighted by atomic mass is 9.97. The van der Waals surface area contributed by atoms with Crippen LogP contribution in [0.25, 0.3) is 0 Å². The third-order valence-corrected chi connectivity index (χ3v) is 4.53. The molecule has 0 aromatic carbocycles. The van der Waals surface area contributed by atoms with Gasteiger partial charge in [-0.1, -0.05) is 5.21 Å². The second-order valence-electron chi connectivity index (χ2n) is 5.62. The lowest BCUT2D eigenvalue weighted by Gasteiger charge is -2.38. The quantitative estimate of drug-likeness (QED) is 0.837. The zero-order chi connectivity index (χ0) is 13.5. The molecule has 2 fully saturated rings. The first-order chi connectivity index (χ1) is 9.83. The molecule has 0 radical (unpaired) electrons. The summed E-state index contributed by atoms with van der Waals surface area (Å²) in [6.45, 7) is 0. The molecule has 2 aromatic rings. The second-order valence-corrected chi connectivity index (χ2v) is 5.62. The molecule has 0 saturated carbocycles. The van der Waals surface area contributed by atoms with Crippen LogP contribution >= 0.6 is 0 Å². The highest BCUT2D eigenvalue weighted by Crippen LogP contribution is 2.41. The van der Waals surface area contributed by atoms with E-state index in [1.807, 2.05) is 10.9 Å². The summed E-state index contributed by atoms with van der Waals surface area (Å²) in [7, 11) is 0. The number of piperidine rings is 1. The molecule has 0 N–H and O–H groups in total. The molecule has 1 amide bonds. The van der Waals surface area contributed by atoms with Crippen LogP contribution in [-0.2, 0) is 0 Å². The highest BCUT2D eigenvalue weighted by atomic mass is 16.3. The standard InChI is InChI=1S/C14H16N4O2/c19-14(10-3-6-20-9-10)18-11-1-2-12(18)8-13(7-11)17-5-4-15-16-17/h3-6,9,11-13H,1-2,7-8H2. The van der Waals surface area contributed by atoms with Crippen LogP contribution in [0.3, 0.4) is 0 Å². The normalized spacial score (nSPS) is 28.8. The van der Waals surface area contributed by atoms with Crippen molar-refractivity contribution in [2.75, 3.05) is 0 Å². The van der Waals surface area contributed by atoms with Crippen molar-refractivity contribution in [1.82, 2.24) is 19.9 Å². The minimum absolute atomic E-state index is 0.100. The first kappa shape index (κ1) is 11.7. The van der Waals surface area contributed by atoms with E-state index in [1.54, 1.807) is 18.5 Å². The topological polar surface area (TPSA) is 64.2 Å². The molecule has 4 rings (SSSR count). The van der Waals surface area contributed by atoms with E-state index in [1.165, 1.54) is 6.26 Å². The van der Waals surface area contributed by atoms with Crippen LogP contribution in [0.5, 0.6) is 0 Å². The Morgan fingerprint density at radius 3 is 2.65 bits per heavy atom. The highest BCUT2D eigenvalue weighted by Gasteiger charge is 2.44. The van der Waals surface area contributed by atoms with Gasteiger partial charge in [-0.2, -0.15) is 0 Å². The maximum atomic E-state index is 12.5. The lowest BCUT2D eigenvalue weighted by molar-refractivity contribution is 0.0522. The van der Waals surface area contributed by atoms with Crippen molar-refractivity contribution in [2.24, 2.45) is 0 Å². The SMILES string of the molecule is O=C(c1ccoc1)N1C2CCC1CC(n1ccnn1)C2.